The average Bonchev–Trinajstić information content (AvgIpc) is 3.27. The fourth-order valence-electron chi connectivity index (χ4n) is 3.96. The topological polar surface area (TPSA) is 87.9 Å². The predicted molar refractivity (Wildman–Crippen MR) is 130 cm³/mol. The molecule has 0 atom stereocenters. The van der Waals surface area contributed by atoms with E-state index in [9.17, 15) is 9.59 Å². The standard InChI is InChI=1S/C24H24N4O4S/c1-31-17-6-7-19-21(15-17)33-24(26-19)28-12-10-27(11-13-28)9-8-25-22(29)18-14-16-4-2-3-5-20(16)32-23(18)30/h2-7,14-15H,8-13H2,1H3,(H,25,29). The van der Waals surface area contributed by atoms with Crippen molar-refractivity contribution in [1.29, 1.82) is 0 Å². The number of carbonyl (C=O) groups is 1. The molecule has 9 heteroatoms. The fourth-order valence-corrected chi connectivity index (χ4v) is 5.01. The van der Waals surface area contributed by atoms with Crippen molar-refractivity contribution in [3.05, 3.63) is 64.5 Å². The Morgan fingerprint density at radius 3 is 2.79 bits per heavy atom. The van der Waals surface area contributed by atoms with Gasteiger partial charge in [-0.15, -0.1) is 0 Å². The Labute approximate surface area is 194 Å². The number of fused-ring (bicyclic) bond motifs is 2. The van der Waals surface area contributed by atoms with Gasteiger partial charge in [-0.1, -0.05) is 29.5 Å². The SMILES string of the molecule is COc1ccc2nc(N3CCN(CCNC(=O)c4cc5ccccc5oc4=O)CC3)sc2c1. The van der Waals surface area contributed by atoms with Crippen molar-refractivity contribution in [3.63, 3.8) is 0 Å². The first-order chi connectivity index (χ1) is 16.1. The van der Waals surface area contributed by atoms with E-state index in [-0.39, 0.29) is 5.56 Å². The number of thiazole rings is 1. The molecule has 0 bridgehead atoms. The summed E-state index contributed by atoms with van der Waals surface area (Å²) < 4.78 is 11.7. The van der Waals surface area contributed by atoms with Gasteiger partial charge in [-0.3, -0.25) is 9.69 Å². The van der Waals surface area contributed by atoms with E-state index in [2.05, 4.69) is 15.1 Å². The Balaban J connectivity index is 1.13. The van der Waals surface area contributed by atoms with Crippen molar-refractivity contribution in [1.82, 2.24) is 15.2 Å². The molecule has 33 heavy (non-hydrogen) atoms. The molecule has 1 N–H and O–H groups in total. The second-order valence-corrected chi connectivity index (χ2v) is 8.91. The molecule has 0 saturated carbocycles. The van der Waals surface area contributed by atoms with Crippen LogP contribution in [0.1, 0.15) is 10.4 Å². The first kappa shape index (κ1) is 21.4. The maximum Gasteiger partial charge on any atom is 0.349 e. The Hall–Kier alpha value is -3.43. The summed E-state index contributed by atoms with van der Waals surface area (Å²) in [4.78, 5) is 34.0. The fraction of sp³-hybridized carbons (Fsp3) is 0.292. The van der Waals surface area contributed by atoms with Crippen molar-refractivity contribution < 1.29 is 13.9 Å². The highest BCUT2D eigenvalue weighted by Gasteiger charge is 2.20. The number of amides is 1. The van der Waals surface area contributed by atoms with Crippen LogP contribution in [0.15, 0.2) is 57.7 Å². The molecule has 1 aliphatic rings. The van der Waals surface area contributed by atoms with Crippen molar-refractivity contribution in [2.75, 3.05) is 51.3 Å². The Kier molecular flexibility index (Phi) is 5.97. The number of carbonyl (C=O) groups excluding carboxylic acids is 1. The zero-order chi connectivity index (χ0) is 22.8. The van der Waals surface area contributed by atoms with E-state index < -0.39 is 11.5 Å². The summed E-state index contributed by atoms with van der Waals surface area (Å²) in [6, 6.07) is 14.7. The quantitative estimate of drug-likeness (QED) is 0.439. The van der Waals surface area contributed by atoms with Crippen molar-refractivity contribution >= 4 is 43.6 Å². The van der Waals surface area contributed by atoms with E-state index in [0.29, 0.717) is 12.1 Å². The van der Waals surface area contributed by atoms with Gasteiger partial charge in [0, 0.05) is 44.7 Å². The lowest BCUT2D eigenvalue weighted by atomic mass is 10.2. The van der Waals surface area contributed by atoms with E-state index in [4.69, 9.17) is 14.1 Å². The molecule has 5 rings (SSSR count). The lowest BCUT2D eigenvalue weighted by Crippen LogP contribution is -2.48. The molecule has 0 aliphatic carbocycles. The van der Waals surface area contributed by atoms with Gasteiger partial charge in [-0.05, 0) is 30.3 Å². The summed E-state index contributed by atoms with van der Waals surface area (Å²) in [5, 5.41) is 4.60. The second-order valence-electron chi connectivity index (χ2n) is 7.90. The molecule has 0 unspecified atom stereocenters. The molecule has 4 aromatic rings. The number of nitrogens with zero attached hydrogens (tertiary/aromatic N) is 3. The normalized spacial score (nSPS) is 14.6. The lowest BCUT2D eigenvalue weighted by Gasteiger charge is -2.34. The molecule has 1 amide bonds. The zero-order valence-electron chi connectivity index (χ0n) is 18.2. The second kappa shape index (κ2) is 9.21. The summed E-state index contributed by atoms with van der Waals surface area (Å²) in [5.74, 6) is 0.434. The van der Waals surface area contributed by atoms with Crippen LogP contribution in [-0.2, 0) is 0 Å². The minimum atomic E-state index is -0.617. The van der Waals surface area contributed by atoms with Crippen LogP contribution in [0.2, 0.25) is 0 Å². The maximum absolute atomic E-state index is 12.5. The number of benzene rings is 2. The minimum absolute atomic E-state index is 0.0333. The van der Waals surface area contributed by atoms with Crippen LogP contribution < -0.4 is 20.6 Å². The molecule has 8 nitrogen and oxygen atoms in total. The van der Waals surface area contributed by atoms with Gasteiger partial charge in [0.05, 0.1) is 17.3 Å². The van der Waals surface area contributed by atoms with Gasteiger partial charge in [-0.2, -0.15) is 0 Å². The number of rotatable bonds is 6. The molecule has 2 aromatic heterocycles. The minimum Gasteiger partial charge on any atom is -0.497 e. The number of methoxy groups -OCH3 is 1. The molecule has 3 heterocycles. The Morgan fingerprint density at radius 1 is 1.15 bits per heavy atom. The summed E-state index contributed by atoms with van der Waals surface area (Å²) in [7, 11) is 1.67. The number of ether oxygens (including phenoxy) is 1. The molecule has 0 spiro atoms. The molecular formula is C24H24N4O4S. The molecule has 1 saturated heterocycles. The number of hydrogen-bond acceptors (Lipinski definition) is 8. The van der Waals surface area contributed by atoms with Crippen LogP contribution >= 0.6 is 11.3 Å². The molecule has 170 valence electrons. The summed E-state index contributed by atoms with van der Waals surface area (Å²) >= 11 is 1.68. The zero-order valence-corrected chi connectivity index (χ0v) is 19.1. The number of aromatic nitrogens is 1. The van der Waals surface area contributed by atoms with Crippen LogP contribution in [0.4, 0.5) is 5.13 Å². The largest absolute Gasteiger partial charge is 0.497 e. The molecule has 0 radical (unpaired) electrons. The average molecular weight is 465 g/mol. The first-order valence-corrected chi connectivity index (χ1v) is 11.7. The van der Waals surface area contributed by atoms with Crippen LogP contribution in [-0.4, -0.2) is 62.2 Å². The third kappa shape index (κ3) is 4.55. The lowest BCUT2D eigenvalue weighted by molar-refractivity contribution is 0.0944. The van der Waals surface area contributed by atoms with Crippen LogP contribution in [0, 0.1) is 0 Å². The monoisotopic (exact) mass is 464 g/mol. The highest BCUT2D eigenvalue weighted by molar-refractivity contribution is 7.22. The highest BCUT2D eigenvalue weighted by Crippen LogP contribution is 2.31. The number of nitrogens with one attached hydrogen (secondary N) is 1. The van der Waals surface area contributed by atoms with E-state index in [1.807, 2.05) is 30.3 Å². The van der Waals surface area contributed by atoms with Crippen LogP contribution in [0.3, 0.4) is 0 Å². The van der Waals surface area contributed by atoms with E-state index in [1.165, 1.54) is 0 Å². The van der Waals surface area contributed by atoms with Gasteiger partial charge < -0.3 is 19.4 Å². The third-order valence-corrected chi connectivity index (χ3v) is 6.91. The van der Waals surface area contributed by atoms with Gasteiger partial charge in [0.25, 0.3) is 5.91 Å². The third-order valence-electron chi connectivity index (χ3n) is 5.83. The van der Waals surface area contributed by atoms with Crippen LogP contribution in [0.25, 0.3) is 21.2 Å². The first-order valence-electron chi connectivity index (χ1n) is 10.8. The Bertz CT molecular complexity index is 1360. The summed E-state index contributed by atoms with van der Waals surface area (Å²) in [6.07, 6.45) is 0. The van der Waals surface area contributed by atoms with Gasteiger partial charge in [0.2, 0.25) is 0 Å². The van der Waals surface area contributed by atoms with Gasteiger partial charge in [-0.25, -0.2) is 9.78 Å². The predicted octanol–water partition coefficient (Wildman–Crippen LogP) is 2.96. The molecule has 2 aromatic carbocycles. The Morgan fingerprint density at radius 2 is 1.97 bits per heavy atom. The van der Waals surface area contributed by atoms with E-state index >= 15 is 0 Å². The number of hydrogen-bond donors (Lipinski definition) is 1. The van der Waals surface area contributed by atoms with Crippen molar-refractivity contribution in [2.45, 2.75) is 0 Å². The highest BCUT2D eigenvalue weighted by atomic mass is 32.1. The number of anilines is 1. The summed E-state index contributed by atoms with van der Waals surface area (Å²) in [6.45, 7) is 4.69. The molecule has 1 aliphatic heterocycles. The molecule has 1 fully saturated rings. The van der Waals surface area contributed by atoms with Gasteiger partial charge in [0.15, 0.2) is 5.13 Å². The number of para-hydroxylation sites is 1. The van der Waals surface area contributed by atoms with Crippen LogP contribution in [0.5, 0.6) is 5.75 Å². The summed E-state index contributed by atoms with van der Waals surface area (Å²) in [5.41, 5.74) is 0.877. The smallest absolute Gasteiger partial charge is 0.349 e. The van der Waals surface area contributed by atoms with E-state index in [1.54, 1.807) is 36.6 Å². The maximum atomic E-state index is 12.5. The van der Waals surface area contributed by atoms with Crippen molar-refractivity contribution in [2.24, 2.45) is 0 Å². The van der Waals surface area contributed by atoms with Crippen molar-refractivity contribution in [3.8, 4) is 5.75 Å². The molecular weight excluding hydrogens is 440 g/mol. The van der Waals surface area contributed by atoms with E-state index in [0.717, 1.165) is 59.2 Å². The number of piperazine rings is 1. The van der Waals surface area contributed by atoms with Gasteiger partial charge in [0.1, 0.15) is 16.9 Å². The van der Waals surface area contributed by atoms with Gasteiger partial charge >= 0.3 is 5.63 Å².